The molecule has 2 unspecified atom stereocenters. The van der Waals surface area contributed by atoms with E-state index in [2.05, 4.69) is 0 Å². The largest absolute Gasteiger partial charge is 0.497 e. The minimum absolute atomic E-state index is 0.0387. The Balaban J connectivity index is 1.52. The van der Waals surface area contributed by atoms with E-state index in [4.69, 9.17) is 30.8 Å². The number of ether oxygens (including phenoxy) is 2. The summed E-state index contributed by atoms with van der Waals surface area (Å²) in [4.78, 5) is 24.6. The smallest absolute Gasteiger partial charge is 0.337 e. The molecule has 2 aromatic rings. The number of halogens is 1. The van der Waals surface area contributed by atoms with Crippen LogP contribution in [-0.2, 0) is 19.3 Å². The lowest BCUT2D eigenvalue weighted by molar-refractivity contribution is -0.437. The van der Waals surface area contributed by atoms with Gasteiger partial charge in [0.05, 0.1) is 12.7 Å². The van der Waals surface area contributed by atoms with Gasteiger partial charge in [-0.1, -0.05) is 35.9 Å². The minimum atomic E-state index is -0.843. The summed E-state index contributed by atoms with van der Waals surface area (Å²) in [6.45, 7) is 1.94. The van der Waals surface area contributed by atoms with Gasteiger partial charge < -0.3 is 9.47 Å². The fraction of sp³-hybridized carbons (Fsp3) is 0.348. The molecular weight excluding hydrogens is 392 g/mol. The molecular formula is C23H21ClO5. The van der Waals surface area contributed by atoms with Crippen LogP contribution in [0.2, 0.25) is 5.02 Å². The SMILES string of the molecule is COc1ccc(C2C[C@]34CC(c5cccc(Cl)c5)OC(=O)C3=C[C@@]2(C)OO4)cc1. The molecule has 150 valence electrons. The zero-order valence-electron chi connectivity index (χ0n) is 16.2. The first-order chi connectivity index (χ1) is 13.9. The van der Waals surface area contributed by atoms with Crippen molar-refractivity contribution < 1.29 is 24.0 Å². The maximum absolute atomic E-state index is 12.9. The molecule has 6 heteroatoms. The summed E-state index contributed by atoms with van der Waals surface area (Å²) >= 11 is 6.14. The van der Waals surface area contributed by atoms with Crippen LogP contribution in [0, 0.1) is 0 Å². The molecule has 2 fully saturated rings. The number of carbonyl (C=O) groups is 1. The standard InChI is InChI=1S/C23H21ClO5/c1-22-11-19-21(25)27-20(15-4-3-5-16(24)10-15)13-23(19,29-28-22)12-18(22)14-6-8-17(26-2)9-7-14/h3-11,18,20H,12-13H2,1-2H3/t18?,20?,22-,23+/m1/s1. The molecule has 0 saturated carbocycles. The fourth-order valence-electron chi connectivity index (χ4n) is 4.68. The van der Waals surface area contributed by atoms with E-state index in [-0.39, 0.29) is 11.9 Å². The average Bonchev–Trinajstić information content (AvgIpc) is 2.73. The summed E-state index contributed by atoms with van der Waals surface area (Å²) in [7, 11) is 1.65. The Hall–Kier alpha value is -2.34. The average molecular weight is 413 g/mol. The third-order valence-corrected chi connectivity index (χ3v) is 6.49. The first-order valence-corrected chi connectivity index (χ1v) is 10.0. The number of fused-ring (bicyclic) bond motifs is 2. The molecule has 3 heterocycles. The van der Waals surface area contributed by atoms with Gasteiger partial charge in [-0.25, -0.2) is 14.6 Å². The van der Waals surface area contributed by atoms with Gasteiger partial charge in [-0.3, -0.25) is 0 Å². The third-order valence-electron chi connectivity index (χ3n) is 6.25. The number of benzene rings is 2. The second-order valence-corrected chi connectivity index (χ2v) is 8.52. The Morgan fingerprint density at radius 3 is 2.59 bits per heavy atom. The van der Waals surface area contributed by atoms with Gasteiger partial charge in [-0.15, -0.1) is 0 Å². The van der Waals surface area contributed by atoms with Gasteiger partial charge >= 0.3 is 5.97 Å². The molecule has 2 bridgehead atoms. The van der Waals surface area contributed by atoms with E-state index in [1.54, 1.807) is 13.2 Å². The van der Waals surface area contributed by atoms with Crippen LogP contribution in [-0.4, -0.2) is 24.3 Å². The van der Waals surface area contributed by atoms with Crippen molar-refractivity contribution >= 4 is 17.6 Å². The van der Waals surface area contributed by atoms with Crippen LogP contribution < -0.4 is 4.74 Å². The Morgan fingerprint density at radius 2 is 1.86 bits per heavy atom. The molecule has 4 atom stereocenters. The highest BCUT2D eigenvalue weighted by atomic mass is 35.5. The third kappa shape index (κ3) is 2.96. The number of hydrogen-bond acceptors (Lipinski definition) is 5. The van der Waals surface area contributed by atoms with Crippen LogP contribution in [0.15, 0.2) is 60.2 Å². The van der Waals surface area contributed by atoms with E-state index in [0.717, 1.165) is 16.9 Å². The van der Waals surface area contributed by atoms with E-state index >= 15 is 0 Å². The summed E-state index contributed by atoms with van der Waals surface area (Å²) in [5, 5.41) is 0.602. The van der Waals surface area contributed by atoms with Crippen LogP contribution in [0.1, 0.15) is 42.9 Å². The summed E-state index contributed by atoms with van der Waals surface area (Å²) in [5.41, 5.74) is 0.930. The summed E-state index contributed by atoms with van der Waals surface area (Å²) < 4.78 is 11.0. The highest BCUT2D eigenvalue weighted by Gasteiger charge is 2.61. The molecule has 0 amide bonds. The zero-order chi connectivity index (χ0) is 20.2. The Morgan fingerprint density at radius 1 is 1.07 bits per heavy atom. The lowest BCUT2D eigenvalue weighted by Gasteiger charge is -2.55. The van der Waals surface area contributed by atoms with Gasteiger partial charge in [-0.2, -0.15) is 0 Å². The Labute approximate surface area is 174 Å². The zero-order valence-corrected chi connectivity index (χ0v) is 16.9. The van der Waals surface area contributed by atoms with Crippen molar-refractivity contribution in [3.8, 4) is 5.75 Å². The molecule has 3 aliphatic heterocycles. The summed E-state index contributed by atoms with van der Waals surface area (Å²) in [5.74, 6) is 0.481. The lowest BCUT2D eigenvalue weighted by atomic mass is 9.64. The highest BCUT2D eigenvalue weighted by molar-refractivity contribution is 6.30. The van der Waals surface area contributed by atoms with Gasteiger partial charge in [0.15, 0.2) is 0 Å². The van der Waals surface area contributed by atoms with Crippen molar-refractivity contribution in [2.75, 3.05) is 7.11 Å². The van der Waals surface area contributed by atoms with Crippen LogP contribution >= 0.6 is 11.6 Å². The van der Waals surface area contributed by atoms with E-state index in [1.165, 1.54) is 0 Å². The number of hydrogen-bond donors (Lipinski definition) is 0. The van der Waals surface area contributed by atoms with Crippen molar-refractivity contribution in [1.82, 2.24) is 0 Å². The van der Waals surface area contributed by atoms with Crippen molar-refractivity contribution in [2.24, 2.45) is 0 Å². The highest BCUT2D eigenvalue weighted by Crippen LogP contribution is 2.57. The molecule has 6 rings (SSSR count). The van der Waals surface area contributed by atoms with Crippen molar-refractivity contribution in [2.45, 2.75) is 43.0 Å². The molecule has 0 N–H and O–H groups in total. The Bertz CT molecular complexity index is 1000. The van der Waals surface area contributed by atoms with Gasteiger partial charge in [-0.05, 0) is 54.8 Å². The van der Waals surface area contributed by atoms with Gasteiger partial charge in [0.1, 0.15) is 23.1 Å². The maximum Gasteiger partial charge on any atom is 0.337 e. The topological polar surface area (TPSA) is 54.0 Å². The van der Waals surface area contributed by atoms with Crippen molar-refractivity contribution in [3.63, 3.8) is 0 Å². The fourth-order valence-corrected chi connectivity index (χ4v) is 4.87. The molecule has 1 spiro atoms. The predicted octanol–water partition coefficient (Wildman–Crippen LogP) is 4.91. The number of carbonyl (C=O) groups excluding carboxylic acids is 1. The van der Waals surface area contributed by atoms with E-state index in [1.807, 2.05) is 55.5 Å². The minimum Gasteiger partial charge on any atom is -0.497 e. The van der Waals surface area contributed by atoms with Crippen molar-refractivity contribution in [3.05, 3.63) is 76.3 Å². The molecule has 29 heavy (non-hydrogen) atoms. The molecule has 4 aliphatic rings. The quantitative estimate of drug-likeness (QED) is 0.529. The van der Waals surface area contributed by atoms with Gasteiger partial charge in [0.25, 0.3) is 0 Å². The molecule has 5 nitrogen and oxygen atoms in total. The van der Waals surface area contributed by atoms with Crippen LogP contribution in [0.5, 0.6) is 5.75 Å². The first-order valence-electron chi connectivity index (χ1n) is 9.63. The number of rotatable bonds is 3. The summed E-state index contributed by atoms with van der Waals surface area (Å²) in [6.07, 6.45) is 2.55. The lowest BCUT2D eigenvalue weighted by Crippen LogP contribution is -2.59. The van der Waals surface area contributed by atoms with Crippen molar-refractivity contribution in [1.29, 1.82) is 0 Å². The second-order valence-electron chi connectivity index (χ2n) is 8.09. The molecule has 0 radical (unpaired) electrons. The monoisotopic (exact) mass is 412 g/mol. The number of esters is 1. The number of cyclic esters (lactones) is 1. The molecule has 0 aromatic heterocycles. The van der Waals surface area contributed by atoms with E-state index in [0.29, 0.717) is 23.4 Å². The summed E-state index contributed by atoms with van der Waals surface area (Å²) in [6, 6.07) is 15.3. The van der Waals surface area contributed by atoms with Gasteiger partial charge in [0.2, 0.25) is 0 Å². The second kappa shape index (κ2) is 6.59. The Kier molecular flexibility index (Phi) is 4.24. The van der Waals surface area contributed by atoms with Gasteiger partial charge in [0, 0.05) is 17.4 Å². The molecule has 2 aromatic carbocycles. The normalized spacial score (nSPS) is 32.9. The van der Waals surface area contributed by atoms with Crippen LogP contribution in [0.3, 0.4) is 0 Å². The number of methoxy groups -OCH3 is 1. The van der Waals surface area contributed by atoms with Crippen LogP contribution in [0.25, 0.3) is 0 Å². The predicted molar refractivity (Wildman–Crippen MR) is 107 cm³/mol. The molecule has 2 saturated heterocycles. The van der Waals surface area contributed by atoms with Crippen LogP contribution in [0.4, 0.5) is 0 Å². The molecule has 1 aliphatic carbocycles. The van der Waals surface area contributed by atoms with E-state index < -0.39 is 17.3 Å². The first kappa shape index (κ1) is 18.7. The van der Waals surface area contributed by atoms with E-state index in [9.17, 15) is 4.79 Å². The maximum atomic E-state index is 12.9.